The smallest absolute Gasteiger partial charge is 0.255 e. The molecule has 0 bridgehead atoms. The monoisotopic (exact) mass is 328 g/mol. The van der Waals surface area contributed by atoms with Gasteiger partial charge >= 0.3 is 0 Å². The van der Waals surface area contributed by atoms with Crippen LogP contribution in [0, 0.1) is 0 Å². The lowest BCUT2D eigenvalue weighted by Crippen LogP contribution is -2.39. The van der Waals surface area contributed by atoms with Crippen LogP contribution >= 0.6 is 0 Å². The molecule has 2 heterocycles. The fraction of sp³-hybridized carbons (Fsp3) is 0.333. The van der Waals surface area contributed by atoms with Gasteiger partial charge in [0, 0.05) is 6.54 Å². The molecule has 0 aliphatic carbocycles. The number of carbonyl (C=O) groups excluding carboxylic acids is 2. The highest BCUT2D eigenvalue weighted by Gasteiger charge is 2.31. The fourth-order valence-electron chi connectivity index (χ4n) is 3.03. The van der Waals surface area contributed by atoms with Crippen LogP contribution in [0.15, 0.2) is 47.1 Å². The van der Waals surface area contributed by atoms with Crippen LogP contribution in [0.2, 0.25) is 0 Å². The van der Waals surface area contributed by atoms with Gasteiger partial charge in [-0.25, -0.2) is 0 Å². The Labute approximate surface area is 140 Å². The molecule has 6 heteroatoms. The topological polar surface area (TPSA) is 71.8 Å². The summed E-state index contributed by atoms with van der Waals surface area (Å²) in [5.41, 5.74) is 0.414. The van der Waals surface area contributed by atoms with E-state index in [9.17, 15) is 9.59 Å². The molecule has 1 aliphatic heterocycles. The molecule has 1 unspecified atom stereocenters. The van der Waals surface area contributed by atoms with Crippen molar-refractivity contribution in [2.75, 3.05) is 20.2 Å². The fourth-order valence-corrected chi connectivity index (χ4v) is 3.03. The summed E-state index contributed by atoms with van der Waals surface area (Å²) in [6, 6.07) is 10.6. The Balaban J connectivity index is 1.62. The Hall–Kier alpha value is -2.76. The summed E-state index contributed by atoms with van der Waals surface area (Å²) in [5.74, 6) is 0.834. The standard InChI is InChI=1S/C18H20N2O4/c1-23-15-8-3-2-6-13(15)18(22)19-12-17(21)20-10-4-7-14(20)16-9-5-11-24-16/h2-3,5-6,8-9,11,14H,4,7,10,12H2,1H3,(H,19,22). The molecule has 1 N–H and O–H groups in total. The molecule has 126 valence electrons. The van der Waals surface area contributed by atoms with Gasteiger partial charge in [-0.05, 0) is 37.1 Å². The molecule has 2 amide bonds. The Kier molecular flexibility index (Phi) is 4.84. The summed E-state index contributed by atoms with van der Waals surface area (Å²) in [4.78, 5) is 26.5. The van der Waals surface area contributed by atoms with E-state index >= 15 is 0 Å². The van der Waals surface area contributed by atoms with E-state index in [1.165, 1.54) is 7.11 Å². The van der Waals surface area contributed by atoms with Crippen LogP contribution < -0.4 is 10.1 Å². The number of amides is 2. The molecule has 0 radical (unpaired) electrons. The highest BCUT2D eigenvalue weighted by Crippen LogP contribution is 2.31. The second-order valence-electron chi connectivity index (χ2n) is 5.64. The molecule has 2 aromatic rings. The van der Waals surface area contributed by atoms with Crippen LogP contribution in [-0.4, -0.2) is 36.9 Å². The van der Waals surface area contributed by atoms with Gasteiger partial charge in [0.2, 0.25) is 5.91 Å². The number of likely N-dealkylation sites (tertiary alicyclic amines) is 1. The van der Waals surface area contributed by atoms with Crippen molar-refractivity contribution in [1.29, 1.82) is 0 Å². The molecule has 1 fully saturated rings. The molecule has 3 rings (SSSR count). The van der Waals surface area contributed by atoms with Crippen LogP contribution in [-0.2, 0) is 4.79 Å². The molecule has 1 aromatic heterocycles. The predicted octanol–water partition coefficient (Wildman–Crippen LogP) is 2.38. The first-order valence-electron chi connectivity index (χ1n) is 7.95. The first-order chi connectivity index (χ1) is 11.7. The Morgan fingerprint density at radius 3 is 2.88 bits per heavy atom. The molecular weight excluding hydrogens is 308 g/mol. The number of hydrogen-bond acceptors (Lipinski definition) is 4. The number of methoxy groups -OCH3 is 1. The van der Waals surface area contributed by atoms with Crippen molar-refractivity contribution in [3.63, 3.8) is 0 Å². The van der Waals surface area contributed by atoms with Crippen LogP contribution in [0.25, 0.3) is 0 Å². The van der Waals surface area contributed by atoms with Gasteiger partial charge in [-0.3, -0.25) is 9.59 Å². The zero-order valence-corrected chi connectivity index (χ0v) is 13.5. The van der Waals surface area contributed by atoms with Gasteiger partial charge in [0.1, 0.15) is 11.5 Å². The first-order valence-corrected chi connectivity index (χ1v) is 7.95. The number of nitrogens with one attached hydrogen (secondary N) is 1. The van der Waals surface area contributed by atoms with Crippen LogP contribution in [0.1, 0.15) is 35.0 Å². The Bertz CT molecular complexity index is 712. The molecule has 0 saturated carbocycles. The lowest BCUT2D eigenvalue weighted by Gasteiger charge is -2.23. The van der Waals surface area contributed by atoms with E-state index in [2.05, 4.69) is 5.32 Å². The summed E-state index contributed by atoms with van der Waals surface area (Å²) in [5, 5.41) is 2.68. The van der Waals surface area contributed by atoms with Gasteiger partial charge in [0.05, 0.1) is 31.5 Å². The number of furan rings is 1. The summed E-state index contributed by atoms with van der Waals surface area (Å²) in [6.07, 6.45) is 3.41. The van der Waals surface area contributed by atoms with Gasteiger partial charge < -0.3 is 19.4 Å². The number of ether oxygens (including phenoxy) is 1. The molecular formula is C18H20N2O4. The number of hydrogen-bond donors (Lipinski definition) is 1. The van der Waals surface area contributed by atoms with Crippen molar-refractivity contribution in [3.8, 4) is 5.75 Å². The van der Waals surface area contributed by atoms with E-state index in [0.29, 0.717) is 17.9 Å². The average molecular weight is 328 g/mol. The van der Waals surface area contributed by atoms with E-state index < -0.39 is 0 Å². The third-order valence-electron chi connectivity index (χ3n) is 4.20. The SMILES string of the molecule is COc1ccccc1C(=O)NCC(=O)N1CCCC1c1ccco1. The molecule has 0 spiro atoms. The van der Waals surface area contributed by atoms with E-state index in [0.717, 1.165) is 18.6 Å². The van der Waals surface area contributed by atoms with Crippen molar-refractivity contribution in [1.82, 2.24) is 10.2 Å². The van der Waals surface area contributed by atoms with Gasteiger partial charge in [-0.1, -0.05) is 12.1 Å². The lowest BCUT2D eigenvalue weighted by molar-refractivity contribution is -0.131. The number of rotatable bonds is 5. The maximum Gasteiger partial charge on any atom is 0.255 e. The van der Waals surface area contributed by atoms with Crippen molar-refractivity contribution in [2.45, 2.75) is 18.9 Å². The molecule has 24 heavy (non-hydrogen) atoms. The van der Waals surface area contributed by atoms with E-state index in [1.54, 1.807) is 35.4 Å². The summed E-state index contributed by atoms with van der Waals surface area (Å²) >= 11 is 0. The second kappa shape index (κ2) is 7.21. The minimum atomic E-state index is -0.324. The maximum atomic E-state index is 12.5. The van der Waals surface area contributed by atoms with Crippen molar-refractivity contribution in [2.24, 2.45) is 0 Å². The third kappa shape index (κ3) is 3.27. The minimum Gasteiger partial charge on any atom is -0.496 e. The van der Waals surface area contributed by atoms with Gasteiger partial charge in [-0.15, -0.1) is 0 Å². The van der Waals surface area contributed by atoms with Crippen LogP contribution in [0.5, 0.6) is 5.75 Å². The minimum absolute atomic E-state index is 0.0457. The number of nitrogens with zero attached hydrogens (tertiary/aromatic N) is 1. The highest BCUT2D eigenvalue weighted by atomic mass is 16.5. The largest absolute Gasteiger partial charge is 0.496 e. The zero-order chi connectivity index (χ0) is 16.9. The van der Waals surface area contributed by atoms with Gasteiger partial charge in [0.15, 0.2) is 0 Å². The normalized spacial score (nSPS) is 16.9. The van der Waals surface area contributed by atoms with Gasteiger partial charge in [0.25, 0.3) is 5.91 Å². The molecule has 6 nitrogen and oxygen atoms in total. The third-order valence-corrected chi connectivity index (χ3v) is 4.20. The van der Waals surface area contributed by atoms with Crippen molar-refractivity contribution >= 4 is 11.8 Å². The van der Waals surface area contributed by atoms with Crippen molar-refractivity contribution < 1.29 is 18.7 Å². The number of carbonyl (C=O) groups is 2. The van der Waals surface area contributed by atoms with E-state index in [4.69, 9.17) is 9.15 Å². The van der Waals surface area contributed by atoms with Crippen LogP contribution in [0.4, 0.5) is 0 Å². The van der Waals surface area contributed by atoms with Gasteiger partial charge in [-0.2, -0.15) is 0 Å². The molecule has 1 atom stereocenters. The number of benzene rings is 1. The predicted molar refractivity (Wildman–Crippen MR) is 87.7 cm³/mol. The highest BCUT2D eigenvalue weighted by molar-refractivity contribution is 5.98. The molecule has 1 aliphatic rings. The number of para-hydroxylation sites is 1. The second-order valence-corrected chi connectivity index (χ2v) is 5.64. The van der Waals surface area contributed by atoms with Crippen molar-refractivity contribution in [3.05, 3.63) is 54.0 Å². The molecule has 1 saturated heterocycles. The summed E-state index contributed by atoms with van der Waals surface area (Å²) in [7, 11) is 1.51. The van der Waals surface area contributed by atoms with Crippen LogP contribution in [0.3, 0.4) is 0 Å². The Morgan fingerprint density at radius 2 is 2.12 bits per heavy atom. The zero-order valence-electron chi connectivity index (χ0n) is 13.5. The summed E-state index contributed by atoms with van der Waals surface area (Å²) in [6.45, 7) is 0.628. The molecule has 1 aromatic carbocycles. The quantitative estimate of drug-likeness (QED) is 0.915. The average Bonchev–Trinajstić information content (AvgIpc) is 3.29. The van der Waals surface area contributed by atoms with E-state index in [1.807, 2.05) is 12.1 Å². The summed E-state index contributed by atoms with van der Waals surface area (Å²) < 4.78 is 10.6. The Morgan fingerprint density at radius 1 is 1.29 bits per heavy atom. The lowest BCUT2D eigenvalue weighted by atomic mass is 10.1. The first kappa shape index (κ1) is 16.1. The maximum absolute atomic E-state index is 12.5. The van der Waals surface area contributed by atoms with E-state index in [-0.39, 0.29) is 24.4 Å².